The Morgan fingerprint density at radius 3 is 2.34 bits per heavy atom. The Balaban J connectivity index is 1.72. The van der Waals surface area contributed by atoms with Crippen molar-refractivity contribution in [2.45, 2.75) is 65.2 Å². The predicted molar refractivity (Wildman–Crippen MR) is 127 cm³/mol. The first kappa shape index (κ1) is 25.0. The van der Waals surface area contributed by atoms with Crippen molar-refractivity contribution in [2.75, 3.05) is 6.61 Å². The molecule has 2 aromatic rings. The number of rotatable bonds is 14. The zero-order chi connectivity index (χ0) is 23.2. The smallest absolute Gasteiger partial charge is 0.271 e. The Kier molecular flexibility index (Phi) is 10.9. The van der Waals surface area contributed by atoms with Crippen molar-refractivity contribution in [3.8, 4) is 5.75 Å². The number of carbonyl (C=O) groups is 1. The molecule has 32 heavy (non-hydrogen) atoms. The van der Waals surface area contributed by atoms with Gasteiger partial charge in [-0.05, 0) is 43.2 Å². The van der Waals surface area contributed by atoms with E-state index in [1.165, 1.54) is 63.3 Å². The number of hydrazone groups is 1. The van der Waals surface area contributed by atoms with Gasteiger partial charge in [0.05, 0.1) is 17.7 Å². The minimum atomic E-state index is -0.465. The predicted octanol–water partition coefficient (Wildman–Crippen LogP) is 6.19. The summed E-state index contributed by atoms with van der Waals surface area (Å²) in [5.41, 5.74) is 4.28. The van der Waals surface area contributed by atoms with Crippen LogP contribution in [-0.2, 0) is 0 Å². The summed E-state index contributed by atoms with van der Waals surface area (Å²) in [5.74, 6) is 0.374. The van der Waals surface area contributed by atoms with Crippen LogP contribution in [0.25, 0.3) is 0 Å². The average Bonchev–Trinajstić information content (AvgIpc) is 2.79. The molecule has 0 fully saturated rings. The third-order valence-electron chi connectivity index (χ3n) is 5.23. The standard InChI is InChI=1S/C25H33N3O4/c1-3-4-5-6-7-8-9-10-17-32-24-15-12-21(13-16-24)25(29)27-26-19-22-18-23(28(30)31)14-11-20(22)2/h11-16,18-19H,3-10,17H2,1-2H3,(H,27,29)/b26-19-. The van der Waals surface area contributed by atoms with E-state index in [4.69, 9.17) is 4.74 Å². The number of nitrogens with zero attached hydrogens (tertiary/aromatic N) is 2. The van der Waals surface area contributed by atoms with Gasteiger partial charge in [-0.25, -0.2) is 5.43 Å². The number of benzene rings is 2. The second kappa shape index (κ2) is 14.0. The van der Waals surface area contributed by atoms with E-state index in [0.717, 1.165) is 17.7 Å². The van der Waals surface area contributed by atoms with Crippen molar-refractivity contribution in [3.63, 3.8) is 0 Å². The van der Waals surface area contributed by atoms with Crippen LogP contribution in [0.3, 0.4) is 0 Å². The van der Waals surface area contributed by atoms with E-state index in [1.54, 1.807) is 30.3 Å². The van der Waals surface area contributed by atoms with Crippen LogP contribution in [0.5, 0.6) is 5.75 Å². The van der Waals surface area contributed by atoms with Crippen LogP contribution in [0, 0.1) is 17.0 Å². The average molecular weight is 440 g/mol. The monoisotopic (exact) mass is 439 g/mol. The molecule has 0 atom stereocenters. The van der Waals surface area contributed by atoms with Crippen molar-refractivity contribution < 1.29 is 14.5 Å². The molecule has 2 rings (SSSR count). The Labute approximate surface area is 190 Å². The lowest BCUT2D eigenvalue weighted by Gasteiger charge is -2.07. The van der Waals surface area contributed by atoms with Crippen LogP contribution in [0.2, 0.25) is 0 Å². The summed E-state index contributed by atoms with van der Waals surface area (Å²) in [6, 6.07) is 11.4. The zero-order valence-electron chi connectivity index (χ0n) is 19.0. The summed E-state index contributed by atoms with van der Waals surface area (Å²) >= 11 is 0. The molecule has 0 bridgehead atoms. The molecule has 7 heteroatoms. The third-order valence-corrected chi connectivity index (χ3v) is 5.23. The summed E-state index contributed by atoms with van der Waals surface area (Å²) in [4.78, 5) is 22.7. The summed E-state index contributed by atoms with van der Waals surface area (Å²) < 4.78 is 5.75. The second-order valence-corrected chi connectivity index (χ2v) is 7.84. The molecule has 7 nitrogen and oxygen atoms in total. The maximum Gasteiger partial charge on any atom is 0.271 e. The van der Waals surface area contributed by atoms with E-state index in [0.29, 0.717) is 17.7 Å². The first-order chi connectivity index (χ1) is 15.5. The fourth-order valence-electron chi connectivity index (χ4n) is 3.23. The van der Waals surface area contributed by atoms with E-state index in [1.807, 2.05) is 6.92 Å². The van der Waals surface area contributed by atoms with Crippen LogP contribution in [0.1, 0.15) is 79.8 Å². The van der Waals surface area contributed by atoms with Crippen LogP contribution in [0.15, 0.2) is 47.6 Å². The molecule has 0 radical (unpaired) electrons. The Morgan fingerprint density at radius 1 is 1.03 bits per heavy atom. The van der Waals surface area contributed by atoms with Crippen LogP contribution >= 0.6 is 0 Å². The van der Waals surface area contributed by atoms with Gasteiger partial charge >= 0.3 is 0 Å². The van der Waals surface area contributed by atoms with Crippen LogP contribution < -0.4 is 10.2 Å². The summed E-state index contributed by atoms with van der Waals surface area (Å²) in [7, 11) is 0. The van der Waals surface area contributed by atoms with Gasteiger partial charge in [-0.2, -0.15) is 5.10 Å². The topological polar surface area (TPSA) is 93.8 Å². The van der Waals surface area contributed by atoms with Crippen molar-refractivity contribution in [3.05, 3.63) is 69.3 Å². The number of nitro benzene ring substituents is 1. The molecule has 1 amide bonds. The highest BCUT2D eigenvalue weighted by molar-refractivity contribution is 5.95. The molecule has 1 N–H and O–H groups in total. The molecular formula is C25H33N3O4. The Morgan fingerprint density at radius 2 is 1.69 bits per heavy atom. The highest BCUT2D eigenvalue weighted by atomic mass is 16.6. The summed E-state index contributed by atoms with van der Waals surface area (Å²) in [6.07, 6.45) is 11.4. The van der Waals surface area contributed by atoms with Crippen LogP contribution in [0.4, 0.5) is 5.69 Å². The quantitative estimate of drug-likeness (QED) is 0.164. The number of nitro groups is 1. The summed E-state index contributed by atoms with van der Waals surface area (Å²) in [6.45, 7) is 4.72. The van der Waals surface area contributed by atoms with E-state index in [2.05, 4.69) is 17.5 Å². The number of ether oxygens (including phenoxy) is 1. The molecule has 0 heterocycles. The molecule has 0 aliphatic rings. The van der Waals surface area contributed by atoms with Gasteiger partial charge in [-0.3, -0.25) is 14.9 Å². The van der Waals surface area contributed by atoms with Gasteiger partial charge in [0.15, 0.2) is 0 Å². The molecule has 0 aliphatic heterocycles. The highest BCUT2D eigenvalue weighted by Crippen LogP contribution is 2.16. The fourth-order valence-corrected chi connectivity index (χ4v) is 3.23. The van der Waals surface area contributed by atoms with Gasteiger partial charge in [-0.15, -0.1) is 0 Å². The minimum Gasteiger partial charge on any atom is -0.494 e. The van der Waals surface area contributed by atoms with Gasteiger partial charge < -0.3 is 4.74 Å². The molecule has 0 spiro atoms. The van der Waals surface area contributed by atoms with Crippen molar-refractivity contribution in [1.82, 2.24) is 5.43 Å². The van der Waals surface area contributed by atoms with Crippen LogP contribution in [-0.4, -0.2) is 23.7 Å². The molecule has 0 aliphatic carbocycles. The molecular weight excluding hydrogens is 406 g/mol. The number of hydrogen-bond donors (Lipinski definition) is 1. The van der Waals surface area contributed by atoms with E-state index < -0.39 is 4.92 Å². The SMILES string of the molecule is CCCCCCCCCCOc1ccc(C(=O)N/N=C\c2cc([N+](=O)[O-])ccc2C)cc1. The van der Waals surface area contributed by atoms with Crippen molar-refractivity contribution in [2.24, 2.45) is 5.10 Å². The van der Waals surface area contributed by atoms with Gasteiger partial charge in [-0.1, -0.05) is 57.9 Å². The summed E-state index contributed by atoms with van der Waals surface area (Å²) in [5, 5.41) is 14.8. The maximum absolute atomic E-state index is 12.3. The Bertz CT molecular complexity index is 895. The lowest BCUT2D eigenvalue weighted by Crippen LogP contribution is -2.17. The second-order valence-electron chi connectivity index (χ2n) is 7.84. The molecule has 0 saturated heterocycles. The van der Waals surface area contributed by atoms with E-state index in [9.17, 15) is 14.9 Å². The number of aryl methyl sites for hydroxylation is 1. The number of amides is 1. The largest absolute Gasteiger partial charge is 0.494 e. The fraction of sp³-hybridized carbons (Fsp3) is 0.440. The molecule has 0 aromatic heterocycles. The third kappa shape index (κ3) is 8.88. The normalized spacial score (nSPS) is 10.9. The molecule has 0 unspecified atom stereocenters. The van der Waals surface area contributed by atoms with E-state index in [-0.39, 0.29) is 11.6 Å². The lowest BCUT2D eigenvalue weighted by molar-refractivity contribution is -0.384. The number of carbonyl (C=O) groups excluding carboxylic acids is 1. The highest BCUT2D eigenvalue weighted by Gasteiger charge is 2.08. The van der Waals surface area contributed by atoms with Gasteiger partial charge in [0.1, 0.15) is 5.75 Å². The van der Waals surface area contributed by atoms with Crippen molar-refractivity contribution >= 4 is 17.8 Å². The molecule has 2 aromatic carbocycles. The number of non-ortho nitro benzene ring substituents is 1. The first-order valence-corrected chi connectivity index (χ1v) is 11.3. The zero-order valence-corrected chi connectivity index (χ0v) is 19.0. The number of unbranched alkanes of at least 4 members (excludes halogenated alkanes) is 7. The van der Waals surface area contributed by atoms with Gasteiger partial charge in [0.2, 0.25) is 0 Å². The molecule has 172 valence electrons. The van der Waals surface area contributed by atoms with Gasteiger partial charge in [0, 0.05) is 23.3 Å². The van der Waals surface area contributed by atoms with Gasteiger partial charge in [0.25, 0.3) is 11.6 Å². The first-order valence-electron chi connectivity index (χ1n) is 11.3. The van der Waals surface area contributed by atoms with E-state index >= 15 is 0 Å². The lowest BCUT2D eigenvalue weighted by atomic mass is 10.1. The molecule has 0 saturated carbocycles. The minimum absolute atomic E-state index is 0.0223. The number of nitrogens with one attached hydrogen (secondary N) is 1. The number of hydrogen-bond acceptors (Lipinski definition) is 5. The van der Waals surface area contributed by atoms with Crippen molar-refractivity contribution in [1.29, 1.82) is 0 Å². The maximum atomic E-state index is 12.3. The Hall–Kier alpha value is -3.22.